The van der Waals surface area contributed by atoms with Crippen molar-refractivity contribution in [3.63, 3.8) is 0 Å². The van der Waals surface area contributed by atoms with Gasteiger partial charge in [0.1, 0.15) is 11.7 Å². The second-order valence-electron chi connectivity index (χ2n) is 9.83. The van der Waals surface area contributed by atoms with Crippen molar-refractivity contribution in [3.05, 3.63) is 22.8 Å². The minimum Gasteiger partial charge on any atom is -0.459 e. The first-order chi connectivity index (χ1) is 13.1. The number of allylic oxidation sites excluding steroid dienone is 3. The van der Waals surface area contributed by atoms with Gasteiger partial charge in [-0.2, -0.15) is 0 Å². The summed E-state index contributed by atoms with van der Waals surface area (Å²) >= 11 is 6.72. The van der Waals surface area contributed by atoms with E-state index in [-0.39, 0.29) is 28.5 Å². The van der Waals surface area contributed by atoms with Gasteiger partial charge in [0.05, 0.1) is 0 Å². The van der Waals surface area contributed by atoms with Gasteiger partial charge in [-0.1, -0.05) is 38.4 Å². The maximum Gasteiger partial charge on any atom is 0.303 e. The maximum absolute atomic E-state index is 12.4. The molecule has 0 amide bonds. The molecule has 2 fully saturated rings. The van der Waals surface area contributed by atoms with Crippen LogP contribution in [0.1, 0.15) is 66.2 Å². The van der Waals surface area contributed by atoms with E-state index in [1.54, 1.807) is 6.08 Å². The highest BCUT2D eigenvalue weighted by atomic mass is 35.5. The van der Waals surface area contributed by atoms with Crippen LogP contribution in [0.2, 0.25) is 0 Å². The first kappa shape index (κ1) is 20.2. The molecule has 0 aromatic heterocycles. The Morgan fingerprint density at radius 2 is 1.93 bits per heavy atom. The van der Waals surface area contributed by atoms with E-state index in [1.807, 2.05) is 0 Å². The van der Waals surface area contributed by atoms with Gasteiger partial charge in [0.25, 0.3) is 0 Å². The molecule has 2 saturated carbocycles. The number of fused-ring (bicyclic) bond motifs is 5. The summed E-state index contributed by atoms with van der Waals surface area (Å²) in [5.74, 6) is 0.645. The third kappa shape index (κ3) is 2.53. The Morgan fingerprint density at radius 1 is 1.25 bits per heavy atom. The van der Waals surface area contributed by atoms with Crippen LogP contribution in [0.5, 0.6) is 0 Å². The normalized spacial score (nSPS) is 47.4. The second kappa shape index (κ2) is 6.43. The number of aliphatic hydroxyl groups is 1. The Morgan fingerprint density at radius 3 is 2.57 bits per heavy atom. The number of ether oxygens (including phenoxy) is 1. The molecule has 0 heterocycles. The summed E-state index contributed by atoms with van der Waals surface area (Å²) in [7, 11) is 0. The van der Waals surface area contributed by atoms with Crippen LogP contribution in [0, 0.1) is 28.6 Å². The zero-order valence-electron chi connectivity index (χ0n) is 17.3. The first-order valence-corrected chi connectivity index (χ1v) is 11.0. The summed E-state index contributed by atoms with van der Waals surface area (Å²) in [4.78, 5) is 24.3. The van der Waals surface area contributed by atoms with E-state index in [0.717, 1.165) is 37.7 Å². The van der Waals surface area contributed by atoms with Crippen molar-refractivity contribution in [3.8, 4) is 0 Å². The zero-order valence-corrected chi connectivity index (χ0v) is 18.0. The lowest BCUT2D eigenvalue weighted by Gasteiger charge is -2.58. The molecule has 0 spiro atoms. The molecule has 1 unspecified atom stereocenters. The summed E-state index contributed by atoms with van der Waals surface area (Å²) in [5, 5.41) is 10.7. The van der Waals surface area contributed by atoms with Crippen LogP contribution in [-0.4, -0.2) is 28.6 Å². The van der Waals surface area contributed by atoms with Crippen molar-refractivity contribution >= 4 is 23.4 Å². The van der Waals surface area contributed by atoms with Crippen LogP contribution in [0.25, 0.3) is 0 Å². The molecule has 0 aliphatic heterocycles. The number of aliphatic hydroxyl groups excluding tert-OH is 1. The summed E-state index contributed by atoms with van der Waals surface area (Å²) < 4.78 is 6.00. The summed E-state index contributed by atoms with van der Waals surface area (Å²) in [6, 6.07) is 0. The number of esters is 1. The Bertz CT molecular complexity index is 785. The highest BCUT2D eigenvalue weighted by Crippen LogP contribution is 2.68. The van der Waals surface area contributed by atoms with Gasteiger partial charge in [0.15, 0.2) is 5.78 Å². The molecule has 0 saturated heterocycles. The molecular weight excluding hydrogens is 376 g/mol. The van der Waals surface area contributed by atoms with Gasteiger partial charge in [-0.05, 0) is 61.5 Å². The molecule has 0 aromatic rings. The van der Waals surface area contributed by atoms with Gasteiger partial charge in [-0.15, -0.1) is 0 Å². The van der Waals surface area contributed by atoms with Crippen LogP contribution in [0.3, 0.4) is 0 Å². The van der Waals surface area contributed by atoms with Gasteiger partial charge >= 0.3 is 5.97 Å². The first-order valence-electron chi connectivity index (χ1n) is 10.6. The molecular formula is C23H31ClO4. The molecule has 1 N–H and O–H groups in total. The lowest BCUT2D eigenvalue weighted by molar-refractivity contribution is -0.180. The van der Waals surface area contributed by atoms with E-state index < -0.39 is 11.7 Å². The monoisotopic (exact) mass is 406 g/mol. The quantitative estimate of drug-likeness (QED) is 0.683. The van der Waals surface area contributed by atoms with Gasteiger partial charge in [0, 0.05) is 29.2 Å². The molecule has 4 aliphatic rings. The van der Waals surface area contributed by atoms with Crippen molar-refractivity contribution in [2.45, 2.75) is 77.9 Å². The lowest BCUT2D eigenvalue weighted by Crippen LogP contribution is -2.55. The number of rotatable bonds is 2. The molecule has 4 nitrogen and oxygen atoms in total. The highest BCUT2D eigenvalue weighted by Gasteiger charge is 2.65. The molecule has 28 heavy (non-hydrogen) atoms. The number of halogens is 1. The number of ketones is 1. The van der Waals surface area contributed by atoms with E-state index >= 15 is 0 Å². The minimum atomic E-state index is -1.04. The van der Waals surface area contributed by atoms with Crippen LogP contribution in [0.15, 0.2) is 22.8 Å². The van der Waals surface area contributed by atoms with Crippen molar-refractivity contribution in [1.29, 1.82) is 0 Å². The van der Waals surface area contributed by atoms with Crippen LogP contribution in [-0.2, 0) is 14.3 Å². The maximum atomic E-state index is 12.4. The third-order valence-electron chi connectivity index (χ3n) is 8.76. The van der Waals surface area contributed by atoms with Gasteiger partial charge in [-0.3, -0.25) is 9.59 Å². The fourth-order valence-electron chi connectivity index (χ4n) is 7.31. The van der Waals surface area contributed by atoms with Crippen molar-refractivity contribution in [2.24, 2.45) is 28.6 Å². The third-order valence-corrected chi connectivity index (χ3v) is 9.09. The van der Waals surface area contributed by atoms with E-state index in [2.05, 4.69) is 26.8 Å². The zero-order chi connectivity index (χ0) is 20.5. The van der Waals surface area contributed by atoms with E-state index in [9.17, 15) is 14.7 Å². The molecule has 0 bridgehead atoms. The fraction of sp³-hybridized carbons (Fsp3) is 0.739. The molecule has 7 atom stereocenters. The number of Topliss-reactive ketones (excluding diaryl/α,β-unsaturated/α-hetero) is 1. The summed E-state index contributed by atoms with van der Waals surface area (Å²) in [6.07, 6.45) is 7.80. The Kier molecular flexibility index (Phi) is 4.63. The molecule has 5 heteroatoms. The summed E-state index contributed by atoms with van der Waals surface area (Å²) in [5.41, 5.74) is 0.112. The smallest absolute Gasteiger partial charge is 0.303 e. The van der Waals surface area contributed by atoms with Gasteiger partial charge in [-0.25, -0.2) is 0 Å². The molecule has 154 valence electrons. The van der Waals surface area contributed by atoms with Crippen LogP contribution in [0.4, 0.5) is 0 Å². The topological polar surface area (TPSA) is 63.6 Å². The lowest BCUT2D eigenvalue weighted by atomic mass is 9.48. The van der Waals surface area contributed by atoms with Crippen molar-refractivity contribution in [2.75, 3.05) is 0 Å². The highest BCUT2D eigenvalue weighted by molar-refractivity contribution is 6.32. The fourth-order valence-corrected chi connectivity index (χ4v) is 7.73. The van der Waals surface area contributed by atoms with E-state index in [0.29, 0.717) is 23.3 Å². The van der Waals surface area contributed by atoms with Crippen LogP contribution >= 0.6 is 11.6 Å². The second-order valence-corrected chi connectivity index (χ2v) is 10.2. The average molecular weight is 407 g/mol. The van der Waals surface area contributed by atoms with Gasteiger partial charge < -0.3 is 9.84 Å². The number of hydrogen-bond donors (Lipinski definition) is 1. The van der Waals surface area contributed by atoms with Gasteiger partial charge in [0.2, 0.25) is 0 Å². The van der Waals surface area contributed by atoms with Crippen LogP contribution < -0.4 is 0 Å². The Labute approximate surface area is 172 Å². The number of carbonyl (C=O) groups excluding carboxylic acids is 2. The SMILES string of the molecule is CC[C@@]1(OC(C)=O)CC[C@H]2[C@@H]3C=C(Cl)C4=CC(O)C(=O)C[C@]4(C)[C@H]3CC[C@@]21C. The predicted molar refractivity (Wildman–Crippen MR) is 108 cm³/mol. The Hall–Kier alpha value is -1.13. The molecule has 0 radical (unpaired) electrons. The van der Waals surface area contributed by atoms with Crippen molar-refractivity contribution < 1.29 is 19.4 Å². The van der Waals surface area contributed by atoms with E-state index in [1.165, 1.54) is 6.92 Å². The summed E-state index contributed by atoms with van der Waals surface area (Å²) in [6.45, 7) is 8.06. The number of carbonyl (C=O) groups is 2. The molecule has 4 rings (SSSR count). The average Bonchev–Trinajstić information content (AvgIpc) is 2.90. The molecule has 0 aromatic carbocycles. The number of hydrogen-bond acceptors (Lipinski definition) is 4. The minimum absolute atomic E-state index is 0.0853. The Balaban J connectivity index is 1.77. The predicted octanol–water partition coefficient (Wildman–Crippen LogP) is 4.54. The van der Waals surface area contributed by atoms with Crippen molar-refractivity contribution in [1.82, 2.24) is 0 Å². The largest absolute Gasteiger partial charge is 0.459 e. The van der Waals surface area contributed by atoms with E-state index in [4.69, 9.17) is 16.3 Å². The molecule has 4 aliphatic carbocycles. The standard InChI is InChI=1S/C23H31ClO4/c1-5-23(28-13(2)25)9-7-16-14-10-18(24)17-11-19(26)20(27)12-21(17,3)15(14)6-8-22(16,23)4/h10-11,14-16,19,26H,5-9,12H2,1-4H3/t14-,15+,16+,19?,21-,22+,23-/m1/s1.